The maximum Gasteiger partial charge on any atom is 0.273 e. The molecule has 0 radical (unpaired) electrons. The highest BCUT2D eigenvalue weighted by Crippen LogP contribution is 2.24. The zero-order chi connectivity index (χ0) is 19.5. The van der Waals surface area contributed by atoms with E-state index in [4.69, 9.17) is 0 Å². The van der Waals surface area contributed by atoms with E-state index >= 15 is 0 Å². The first-order valence-electron chi connectivity index (χ1n) is 9.19. The number of H-pyrrole nitrogens is 1. The van der Waals surface area contributed by atoms with E-state index in [1.807, 2.05) is 18.2 Å². The summed E-state index contributed by atoms with van der Waals surface area (Å²) in [4.78, 5) is 30.6. The molecule has 3 aromatic rings. The third-order valence-corrected chi connectivity index (χ3v) is 4.83. The van der Waals surface area contributed by atoms with Crippen molar-refractivity contribution in [1.82, 2.24) is 24.7 Å². The van der Waals surface area contributed by atoms with Gasteiger partial charge in [-0.15, -0.1) is 10.2 Å². The number of rotatable bonds is 5. The quantitative estimate of drug-likeness (QED) is 0.614. The van der Waals surface area contributed by atoms with Gasteiger partial charge in [-0.25, -0.2) is 4.98 Å². The topological polar surface area (TPSA) is 118 Å². The summed E-state index contributed by atoms with van der Waals surface area (Å²) in [6.07, 6.45) is 6.20. The van der Waals surface area contributed by atoms with Gasteiger partial charge < -0.3 is 10.6 Å². The van der Waals surface area contributed by atoms with Crippen LogP contribution in [0, 0.1) is 6.92 Å². The average molecular weight is 379 g/mol. The molecule has 0 amide bonds. The molecule has 9 heteroatoms. The normalized spacial score (nSPS) is 18.8. The van der Waals surface area contributed by atoms with Crippen LogP contribution in [0.3, 0.4) is 0 Å². The first kappa shape index (κ1) is 17.9. The fourth-order valence-electron chi connectivity index (χ4n) is 3.36. The molecule has 0 unspecified atom stereocenters. The first-order chi connectivity index (χ1) is 13.6. The van der Waals surface area contributed by atoms with Crippen LogP contribution in [-0.4, -0.2) is 36.8 Å². The number of aromatic amines is 1. The van der Waals surface area contributed by atoms with E-state index < -0.39 is 0 Å². The third kappa shape index (κ3) is 3.93. The second-order valence-electron chi connectivity index (χ2n) is 6.89. The smallest absolute Gasteiger partial charge is 0.273 e. The Morgan fingerprint density at radius 2 is 1.89 bits per heavy atom. The number of nitrogens with one attached hydrogen (secondary N) is 3. The van der Waals surface area contributed by atoms with Crippen LogP contribution in [0.2, 0.25) is 0 Å². The lowest BCUT2D eigenvalue weighted by molar-refractivity contribution is 0.710. The summed E-state index contributed by atoms with van der Waals surface area (Å²) in [6, 6.07) is 9.25. The lowest BCUT2D eigenvalue weighted by atomic mass is 10.2. The maximum absolute atomic E-state index is 11.9. The number of hydrogen-bond acceptors (Lipinski definition) is 7. The van der Waals surface area contributed by atoms with Crippen LogP contribution in [0.1, 0.15) is 25.0 Å². The molecule has 3 N–H and O–H groups in total. The molecule has 9 nitrogen and oxygen atoms in total. The minimum Gasteiger partial charge on any atom is -0.367 e. The maximum atomic E-state index is 11.9. The number of hydrogen-bond donors (Lipinski definition) is 3. The summed E-state index contributed by atoms with van der Waals surface area (Å²) >= 11 is 0. The molecule has 1 fully saturated rings. The summed E-state index contributed by atoms with van der Waals surface area (Å²) in [7, 11) is 0. The van der Waals surface area contributed by atoms with E-state index in [0.717, 1.165) is 30.8 Å². The summed E-state index contributed by atoms with van der Waals surface area (Å²) in [5.41, 5.74) is 0.756. The zero-order valence-corrected chi connectivity index (χ0v) is 15.4. The Morgan fingerprint density at radius 1 is 1.07 bits per heavy atom. The Kier molecular flexibility index (Phi) is 4.88. The summed E-state index contributed by atoms with van der Waals surface area (Å²) in [5.74, 6) is 1.17. The fraction of sp³-hybridized carbons (Fsp3) is 0.316. The molecular weight excluding hydrogens is 358 g/mol. The minimum atomic E-state index is -0.230. The molecule has 1 aliphatic carbocycles. The fourth-order valence-corrected chi connectivity index (χ4v) is 3.36. The van der Waals surface area contributed by atoms with Gasteiger partial charge in [-0.05, 0) is 44.4 Å². The third-order valence-electron chi connectivity index (χ3n) is 4.83. The van der Waals surface area contributed by atoms with Gasteiger partial charge in [0.15, 0.2) is 0 Å². The molecule has 4 rings (SSSR count). The molecule has 3 aromatic heterocycles. The first-order valence-corrected chi connectivity index (χ1v) is 9.19. The monoisotopic (exact) mass is 379 g/mol. The van der Waals surface area contributed by atoms with E-state index in [9.17, 15) is 9.59 Å². The number of aromatic nitrogens is 5. The van der Waals surface area contributed by atoms with Gasteiger partial charge in [0.2, 0.25) is 5.95 Å². The second-order valence-corrected chi connectivity index (χ2v) is 6.89. The van der Waals surface area contributed by atoms with E-state index in [2.05, 4.69) is 30.8 Å². The van der Waals surface area contributed by atoms with Crippen LogP contribution >= 0.6 is 0 Å². The van der Waals surface area contributed by atoms with Crippen LogP contribution < -0.4 is 21.8 Å². The van der Waals surface area contributed by atoms with Crippen LogP contribution in [0.25, 0.3) is 5.69 Å². The van der Waals surface area contributed by atoms with Crippen molar-refractivity contribution in [2.75, 3.05) is 10.6 Å². The zero-order valence-electron chi connectivity index (χ0n) is 15.4. The number of pyridine rings is 2. The molecular formula is C19H21N7O2. The molecule has 1 aliphatic rings. The number of aryl methyl sites for hydroxylation is 1. The van der Waals surface area contributed by atoms with Crippen LogP contribution in [0.4, 0.5) is 11.8 Å². The molecule has 2 atom stereocenters. The lowest BCUT2D eigenvalue weighted by Gasteiger charge is -2.15. The summed E-state index contributed by atoms with van der Waals surface area (Å²) in [5, 5.41) is 14.5. The highest BCUT2D eigenvalue weighted by atomic mass is 16.1. The second kappa shape index (κ2) is 7.63. The molecule has 1 saturated carbocycles. The Labute approximate surface area is 160 Å². The van der Waals surface area contributed by atoms with E-state index in [0.29, 0.717) is 11.6 Å². The SMILES string of the molecule is Cc1nnc(N[C@H]2CC[C@H](Nc3ccc(-n4ccccc4=O)cn3)C2)[nH]c1=O. The average Bonchev–Trinajstić information content (AvgIpc) is 3.13. The number of anilines is 2. The van der Waals surface area contributed by atoms with Crippen LogP contribution in [0.5, 0.6) is 0 Å². The summed E-state index contributed by atoms with van der Waals surface area (Å²) in [6.45, 7) is 1.62. The molecule has 0 spiro atoms. The predicted molar refractivity (Wildman–Crippen MR) is 106 cm³/mol. The highest BCUT2D eigenvalue weighted by molar-refractivity contribution is 5.42. The largest absolute Gasteiger partial charge is 0.367 e. The van der Waals surface area contributed by atoms with Crippen molar-refractivity contribution in [2.45, 2.75) is 38.3 Å². The minimum absolute atomic E-state index is 0.0908. The summed E-state index contributed by atoms with van der Waals surface area (Å²) < 4.78 is 1.55. The molecule has 0 aliphatic heterocycles. The van der Waals surface area contributed by atoms with Crippen molar-refractivity contribution < 1.29 is 0 Å². The van der Waals surface area contributed by atoms with Crippen molar-refractivity contribution in [2.24, 2.45) is 0 Å². The molecule has 144 valence electrons. The number of nitrogens with zero attached hydrogens (tertiary/aromatic N) is 4. The van der Waals surface area contributed by atoms with Gasteiger partial charge in [-0.1, -0.05) is 6.07 Å². The Balaban J connectivity index is 1.36. The molecule has 28 heavy (non-hydrogen) atoms. The van der Waals surface area contributed by atoms with Gasteiger partial charge in [0, 0.05) is 24.3 Å². The van der Waals surface area contributed by atoms with E-state index in [1.54, 1.807) is 30.0 Å². The van der Waals surface area contributed by atoms with Gasteiger partial charge >= 0.3 is 0 Å². The van der Waals surface area contributed by atoms with Gasteiger partial charge in [0.05, 0.1) is 11.9 Å². The van der Waals surface area contributed by atoms with Crippen molar-refractivity contribution >= 4 is 11.8 Å². The van der Waals surface area contributed by atoms with Gasteiger partial charge in [-0.3, -0.25) is 19.1 Å². The molecule has 0 bridgehead atoms. The van der Waals surface area contributed by atoms with E-state index in [-0.39, 0.29) is 23.2 Å². The van der Waals surface area contributed by atoms with Gasteiger partial charge in [-0.2, -0.15) is 0 Å². The lowest BCUT2D eigenvalue weighted by Crippen LogP contribution is -2.24. The van der Waals surface area contributed by atoms with Crippen LogP contribution in [-0.2, 0) is 0 Å². The van der Waals surface area contributed by atoms with Crippen molar-refractivity contribution in [3.63, 3.8) is 0 Å². The predicted octanol–water partition coefficient (Wildman–Crippen LogP) is 1.46. The van der Waals surface area contributed by atoms with Gasteiger partial charge in [0.1, 0.15) is 11.5 Å². The standard InChI is InChI=1S/C19H21N7O2/c1-12-18(28)23-19(25-24-12)22-14-6-5-13(10-14)21-16-8-7-15(11-20-16)26-9-3-2-4-17(26)27/h2-4,7-9,11,13-14H,5-6,10H2,1H3,(H,20,21)(H2,22,23,25,28)/t13-,14-/m0/s1. The van der Waals surface area contributed by atoms with Crippen molar-refractivity contribution in [3.8, 4) is 5.69 Å². The highest BCUT2D eigenvalue weighted by Gasteiger charge is 2.25. The van der Waals surface area contributed by atoms with Gasteiger partial charge in [0.25, 0.3) is 11.1 Å². The van der Waals surface area contributed by atoms with Crippen molar-refractivity contribution in [3.05, 3.63) is 69.1 Å². The van der Waals surface area contributed by atoms with Crippen molar-refractivity contribution in [1.29, 1.82) is 0 Å². The Bertz CT molecular complexity index is 1070. The molecule has 3 heterocycles. The Morgan fingerprint density at radius 3 is 2.61 bits per heavy atom. The van der Waals surface area contributed by atoms with Crippen LogP contribution in [0.15, 0.2) is 52.3 Å². The Hall–Kier alpha value is -3.49. The van der Waals surface area contributed by atoms with E-state index in [1.165, 1.54) is 6.07 Å². The molecule has 0 saturated heterocycles. The molecule has 0 aromatic carbocycles.